The Morgan fingerprint density at radius 2 is 1.88 bits per heavy atom. The number of nitrogens with zero attached hydrogens (tertiary/aromatic N) is 4. The molecule has 9 heteroatoms. The number of carbonyl (C=O) groups excluding carboxylic acids is 2. The number of thioether (sulfide) groups is 1. The number of anilines is 1. The Bertz CT molecular complexity index is 1140. The first-order chi connectivity index (χ1) is 15.9. The van der Waals surface area contributed by atoms with E-state index < -0.39 is 0 Å². The second-order valence-corrected chi connectivity index (χ2v) is 9.88. The number of nitrogens with one attached hydrogen (secondary N) is 1. The van der Waals surface area contributed by atoms with Crippen LogP contribution in [0.1, 0.15) is 30.6 Å². The van der Waals surface area contributed by atoms with E-state index in [-0.39, 0.29) is 17.6 Å². The van der Waals surface area contributed by atoms with Crippen molar-refractivity contribution in [3.8, 4) is 5.69 Å². The summed E-state index contributed by atoms with van der Waals surface area (Å²) in [7, 11) is 0. The van der Waals surface area contributed by atoms with Crippen LogP contribution in [0.5, 0.6) is 0 Å². The number of rotatable bonds is 6. The fraction of sp³-hybridized carbons (Fsp3) is 0.333. The van der Waals surface area contributed by atoms with Gasteiger partial charge in [0.2, 0.25) is 5.91 Å². The van der Waals surface area contributed by atoms with Crippen LogP contribution in [0.15, 0.2) is 60.0 Å². The van der Waals surface area contributed by atoms with Crippen molar-refractivity contribution >= 4 is 40.9 Å². The Hall–Kier alpha value is -2.84. The van der Waals surface area contributed by atoms with E-state index in [1.54, 1.807) is 35.2 Å². The topological polar surface area (TPSA) is 80.1 Å². The SMILES string of the molecule is CC1CC(C)CN(C(=O)c2ccccc2NC(=O)CSc2nncn2-c2cccc(Cl)c2)C1. The highest BCUT2D eigenvalue weighted by atomic mass is 35.5. The minimum absolute atomic E-state index is 0.0438. The van der Waals surface area contributed by atoms with Gasteiger partial charge in [-0.15, -0.1) is 10.2 Å². The number of benzene rings is 2. The molecule has 1 saturated heterocycles. The molecular formula is C24H26ClN5O2S. The molecule has 1 aromatic heterocycles. The Morgan fingerprint density at radius 3 is 2.64 bits per heavy atom. The van der Waals surface area contributed by atoms with Gasteiger partial charge in [-0.1, -0.05) is 55.4 Å². The van der Waals surface area contributed by atoms with Gasteiger partial charge in [0, 0.05) is 18.1 Å². The fourth-order valence-electron chi connectivity index (χ4n) is 4.22. The first-order valence-electron chi connectivity index (χ1n) is 10.9. The lowest BCUT2D eigenvalue weighted by Gasteiger charge is -2.35. The number of para-hydroxylation sites is 1. The van der Waals surface area contributed by atoms with E-state index in [4.69, 9.17) is 11.6 Å². The molecule has 2 amide bonds. The molecule has 1 fully saturated rings. The summed E-state index contributed by atoms with van der Waals surface area (Å²) in [5, 5.41) is 12.2. The minimum Gasteiger partial charge on any atom is -0.338 e. The van der Waals surface area contributed by atoms with Crippen LogP contribution in [0.2, 0.25) is 5.02 Å². The molecule has 2 unspecified atom stereocenters. The van der Waals surface area contributed by atoms with Gasteiger partial charge in [0.05, 0.1) is 22.7 Å². The van der Waals surface area contributed by atoms with Crippen LogP contribution in [0.4, 0.5) is 5.69 Å². The first-order valence-corrected chi connectivity index (χ1v) is 12.2. The molecule has 0 radical (unpaired) electrons. The van der Waals surface area contributed by atoms with E-state index in [1.165, 1.54) is 11.8 Å². The van der Waals surface area contributed by atoms with E-state index in [0.717, 1.165) is 25.2 Å². The molecule has 0 bridgehead atoms. The highest BCUT2D eigenvalue weighted by molar-refractivity contribution is 7.99. The average molecular weight is 484 g/mol. The average Bonchev–Trinajstić information content (AvgIpc) is 3.26. The Labute approximate surface area is 202 Å². The van der Waals surface area contributed by atoms with Crippen molar-refractivity contribution in [2.24, 2.45) is 11.8 Å². The van der Waals surface area contributed by atoms with Gasteiger partial charge in [0.15, 0.2) is 5.16 Å². The summed E-state index contributed by atoms with van der Waals surface area (Å²) >= 11 is 7.35. The number of likely N-dealkylation sites (tertiary alicyclic amines) is 1. The molecule has 3 aromatic rings. The molecule has 1 N–H and O–H groups in total. The van der Waals surface area contributed by atoms with Crippen molar-refractivity contribution in [2.75, 3.05) is 24.2 Å². The van der Waals surface area contributed by atoms with Crippen LogP contribution in [-0.4, -0.2) is 50.3 Å². The second-order valence-electron chi connectivity index (χ2n) is 8.50. The Balaban J connectivity index is 1.42. The maximum atomic E-state index is 13.2. The summed E-state index contributed by atoms with van der Waals surface area (Å²) in [6, 6.07) is 14.5. The number of hydrogen-bond donors (Lipinski definition) is 1. The van der Waals surface area contributed by atoms with Crippen LogP contribution in [-0.2, 0) is 4.79 Å². The normalized spacial score (nSPS) is 18.2. The van der Waals surface area contributed by atoms with Gasteiger partial charge in [-0.25, -0.2) is 0 Å². The summed E-state index contributed by atoms with van der Waals surface area (Å²) in [5.41, 5.74) is 1.85. The first kappa shape index (κ1) is 23.3. The molecule has 33 heavy (non-hydrogen) atoms. The van der Waals surface area contributed by atoms with Crippen LogP contribution in [0.3, 0.4) is 0 Å². The van der Waals surface area contributed by atoms with Crippen molar-refractivity contribution in [2.45, 2.75) is 25.4 Å². The number of amides is 2. The van der Waals surface area contributed by atoms with E-state index >= 15 is 0 Å². The van der Waals surface area contributed by atoms with E-state index in [1.807, 2.05) is 29.2 Å². The number of piperidine rings is 1. The third kappa shape index (κ3) is 5.75. The lowest BCUT2D eigenvalue weighted by atomic mass is 9.91. The van der Waals surface area contributed by atoms with Gasteiger partial charge in [-0.3, -0.25) is 14.2 Å². The van der Waals surface area contributed by atoms with Crippen molar-refractivity contribution in [1.82, 2.24) is 19.7 Å². The van der Waals surface area contributed by atoms with Crippen molar-refractivity contribution in [3.05, 3.63) is 65.4 Å². The Kier molecular flexibility index (Phi) is 7.35. The van der Waals surface area contributed by atoms with Crippen LogP contribution >= 0.6 is 23.4 Å². The number of hydrogen-bond acceptors (Lipinski definition) is 5. The zero-order chi connectivity index (χ0) is 23.4. The standard InChI is InChI=1S/C24H26ClN5O2S/c1-16-10-17(2)13-29(12-16)23(32)20-8-3-4-9-21(20)27-22(31)14-33-24-28-26-15-30(24)19-7-5-6-18(25)11-19/h3-9,11,15-17H,10,12-14H2,1-2H3,(H,27,31). The quantitative estimate of drug-likeness (QED) is 0.511. The summed E-state index contributed by atoms with van der Waals surface area (Å²) in [5.74, 6) is 0.791. The van der Waals surface area contributed by atoms with Crippen molar-refractivity contribution < 1.29 is 9.59 Å². The summed E-state index contributed by atoms with van der Waals surface area (Å²) in [6.45, 7) is 5.81. The largest absolute Gasteiger partial charge is 0.338 e. The summed E-state index contributed by atoms with van der Waals surface area (Å²) in [4.78, 5) is 27.8. The molecule has 4 rings (SSSR count). The number of carbonyl (C=O) groups is 2. The lowest BCUT2D eigenvalue weighted by molar-refractivity contribution is -0.113. The molecule has 2 heterocycles. The maximum absolute atomic E-state index is 13.2. The van der Waals surface area contributed by atoms with Gasteiger partial charge >= 0.3 is 0 Å². The van der Waals surface area contributed by atoms with Crippen LogP contribution in [0, 0.1) is 11.8 Å². The van der Waals surface area contributed by atoms with Gasteiger partial charge in [-0.05, 0) is 48.6 Å². The van der Waals surface area contributed by atoms with E-state index in [2.05, 4.69) is 29.4 Å². The van der Waals surface area contributed by atoms with Gasteiger partial charge in [0.25, 0.3) is 5.91 Å². The molecule has 172 valence electrons. The second kappa shape index (κ2) is 10.4. The molecule has 0 saturated carbocycles. The predicted octanol–water partition coefficient (Wildman–Crippen LogP) is 4.77. The highest BCUT2D eigenvalue weighted by Crippen LogP contribution is 2.26. The Morgan fingerprint density at radius 1 is 1.12 bits per heavy atom. The molecule has 0 spiro atoms. The molecule has 2 aromatic carbocycles. The number of aromatic nitrogens is 3. The summed E-state index contributed by atoms with van der Waals surface area (Å²) < 4.78 is 1.78. The van der Waals surface area contributed by atoms with Crippen LogP contribution < -0.4 is 5.32 Å². The van der Waals surface area contributed by atoms with Gasteiger partial charge < -0.3 is 10.2 Å². The van der Waals surface area contributed by atoms with Crippen molar-refractivity contribution in [3.63, 3.8) is 0 Å². The van der Waals surface area contributed by atoms with Gasteiger partial charge in [-0.2, -0.15) is 0 Å². The zero-order valence-corrected chi connectivity index (χ0v) is 20.1. The molecular weight excluding hydrogens is 458 g/mol. The highest BCUT2D eigenvalue weighted by Gasteiger charge is 2.27. The third-order valence-electron chi connectivity index (χ3n) is 5.52. The zero-order valence-electron chi connectivity index (χ0n) is 18.6. The minimum atomic E-state index is -0.221. The fourth-order valence-corrected chi connectivity index (χ4v) is 5.13. The molecule has 0 aliphatic carbocycles. The maximum Gasteiger partial charge on any atom is 0.255 e. The van der Waals surface area contributed by atoms with E-state index in [9.17, 15) is 9.59 Å². The predicted molar refractivity (Wildman–Crippen MR) is 131 cm³/mol. The molecule has 7 nitrogen and oxygen atoms in total. The third-order valence-corrected chi connectivity index (χ3v) is 6.70. The number of halogens is 1. The molecule has 2 atom stereocenters. The summed E-state index contributed by atoms with van der Waals surface area (Å²) in [6.07, 6.45) is 2.71. The van der Waals surface area contributed by atoms with Crippen LogP contribution in [0.25, 0.3) is 5.69 Å². The molecule has 1 aliphatic heterocycles. The van der Waals surface area contributed by atoms with Gasteiger partial charge in [0.1, 0.15) is 6.33 Å². The van der Waals surface area contributed by atoms with E-state index in [0.29, 0.717) is 33.3 Å². The van der Waals surface area contributed by atoms with Crippen molar-refractivity contribution in [1.29, 1.82) is 0 Å². The molecule has 1 aliphatic rings. The smallest absolute Gasteiger partial charge is 0.255 e. The monoisotopic (exact) mass is 483 g/mol. The lowest BCUT2D eigenvalue weighted by Crippen LogP contribution is -2.42.